The molecule has 0 radical (unpaired) electrons. The minimum Gasteiger partial charge on any atom is -0.351 e. The molecule has 2 aromatic carbocycles. The molecule has 31 heavy (non-hydrogen) atoms. The summed E-state index contributed by atoms with van der Waals surface area (Å²) in [4.78, 5) is 21.6. The average molecular weight is 435 g/mol. The fraction of sp³-hybridized carbons (Fsp3) is 0.400. The van der Waals surface area contributed by atoms with E-state index < -0.39 is 0 Å². The number of nitrogens with zero attached hydrogens (tertiary/aromatic N) is 2. The van der Waals surface area contributed by atoms with Gasteiger partial charge in [-0.3, -0.25) is 9.69 Å². The van der Waals surface area contributed by atoms with Crippen LogP contribution in [0.4, 0.5) is 5.69 Å². The number of aromatic amines is 1. The molecular weight excluding hydrogens is 408 g/mol. The van der Waals surface area contributed by atoms with Gasteiger partial charge in [-0.25, -0.2) is 0 Å². The fourth-order valence-corrected chi connectivity index (χ4v) is 6.07. The predicted octanol–water partition coefficient (Wildman–Crippen LogP) is 4.18. The number of aromatic nitrogens is 1. The second-order valence-electron chi connectivity index (χ2n) is 9.32. The highest BCUT2D eigenvalue weighted by atomic mass is 35.5. The Balaban J connectivity index is 1.32. The Morgan fingerprint density at radius 2 is 2.03 bits per heavy atom. The first kappa shape index (κ1) is 19.4. The first-order valence-electron chi connectivity index (χ1n) is 11.3. The van der Waals surface area contributed by atoms with Gasteiger partial charge in [0.1, 0.15) is 5.69 Å². The number of fused-ring (bicyclic) bond motifs is 3. The number of likely N-dealkylation sites (tertiary alicyclic amines) is 1. The monoisotopic (exact) mass is 434 g/mol. The van der Waals surface area contributed by atoms with Crippen molar-refractivity contribution in [2.24, 2.45) is 0 Å². The Morgan fingerprint density at radius 3 is 2.90 bits per heavy atom. The van der Waals surface area contributed by atoms with E-state index in [1.807, 2.05) is 35.2 Å². The molecule has 2 atom stereocenters. The van der Waals surface area contributed by atoms with Gasteiger partial charge in [-0.1, -0.05) is 29.8 Å². The van der Waals surface area contributed by atoms with Crippen molar-refractivity contribution in [3.8, 4) is 0 Å². The number of para-hydroxylation sites is 1. The first-order chi connectivity index (χ1) is 15.1. The lowest BCUT2D eigenvalue weighted by Crippen LogP contribution is -2.47. The topological polar surface area (TPSA) is 51.4 Å². The van der Waals surface area contributed by atoms with Crippen LogP contribution >= 0.6 is 11.6 Å². The maximum Gasteiger partial charge on any atom is 0.274 e. The molecule has 6 rings (SSSR count). The van der Waals surface area contributed by atoms with Crippen LogP contribution in [0.2, 0.25) is 5.02 Å². The van der Waals surface area contributed by atoms with Crippen molar-refractivity contribution in [3.63, 3.8) is 0 Å². The molecule has 1 aromatic heterocycles. The summed E-state index contributed by atoms with van der Waals surface area (Å²) in [6.07, 6.45) is 3.62. The van der Waals surface area contributed by atoms with Crippen LogP contribution in [0.5, 0.6) is 0 Å². The summed E-state index contributed by atoms with van der Waals surface area (Å²) in [6, 6.07) is 16.7. The summed E-state index contributed by atoms with van der Waals surface area (Å²) in [7, 11) is 0. The molecule has 160 valence electrons. The van der Waals surface area contributed by atoms with Crippen LogP contribution in [0.15, 0.2) is 48.5 Å². The number of H-pyrrole nitrogens is 1. The average Bonchev–Trinajstić information content (AvgIpc) is 3.50. The lowest BCUT2D eigenvalue weighted by molar-refractivity contribution is 0.0980. The molecule has 3 aliphatic heterocycles. The predicted molar refractivity (Wildman–Crippen MR) is 125 cm³/mol. The Hall–Kier alpha value is -2.34. The third-order valence-corrected chi connectivity index (χ3v) is 7.69. The van der Waals surface area contributed by atoms with E-state index in [1.165, 1.54) is 18.4 Å². The molecule has 2 fully saturated rings. The van der Waals surface area contributed by atoms with Gasteiger partial charge in [-0.15, -0.1) is 0 Å². The number of carbonyl (C=O) groups excluding carboxylic acids is 1. The van der Waals surface area contributed by atoms with E-state index in [4.69, 9.17) is 11.6 Å². The molecule has 4 heterocycles. The molecule has 1 unspecified atom stereocenters. The summed E-state index contributed by atoms with van der Waals surface area (Å²) in [5.74, 6) is 0.0365. The van der Waals surface area contributed by atoms with Gasteiger partial charge < -0.3 is 15.2 Å². The lowest BCUT2D eigenvalue weighted by atomic mass is 9.81. The fourth-order valence-electron chi connectivity index (χ4n) is 5.89. The van der Waals surface area contributed by atoms with Crippen molar-refractivity contribution in [3.05, 3.63) is 64.8 Å². The molecule has 0 aliphatic carbocycles. The number of nitrogens with one attached hydrogen (secondary N) is 2. The Labute approximate surface area is 187 Å². The van der Waals surface area contributed by atoms with Crippen molar-refractivity contribution in [1.82, 2.24) is 15.2 Å². The van der Waals surface area contributed by atoms with Crippen LogP contribution < -0.4 is 10.2 Å². The number of carbonyl (C=O) groups is 1. The van der Waals surface area contributed by atoms with Gasteiger partial charge in [0.25, 0.3) is 5.91 Å². The van der Waals surface area contributed by atoms with Crippen molar-refractivity contribution in [2.75, 3.05) is 37.6 Å². The zero-order valence-electron chi connectivity index (χ0n) is 17.5. The number of hydrogen-bond donors (Lipinski definition) is 2. The van der Waals surface area contributed by atoms with E-state index in [0.29, 0.717) is 16.8 Å². The maximum atomic E-state index is 13.6. The van der Waals surface area contributed by atoms with Gasteiger partial charge in [0.15, 0.2) is 0 Å². The van der Waals surface area contributed by atoms with Gasteiger partial charge in [0.2, 0.25) is 0 Å². The number of hydrogen-bond acceptors (Lipinski definition) is 3. The summed E-state index contributed by atoms with van der Waals surface area (Å²) in [5, 5.41) is 5.20. The zero-order valence-corrected chi connectivity index (χ0v) is 18.3. The van der Waals surface area contributed by atoms with Gasteiger partial charge >= 0.3 is 0 Å². The van der Waals surface area contributed by atoms with Crippen molar-refractivity contribution in [2.45, 2.75) is 30.7 Å². The molecular formula is C25H27ClN4O. The van der Waals surface area contributed by atoms with E-state index in [9.17, 15) is 4.79 Å². The molecule has 3 aromatic rings. The normalized spacial score (nSPS) is 26.1. The standard InChI is InChI=1S/C25H27ClN4O/c26-18-7-8-21-17(12-18)13-22(28-21)24(31)30-16-25(20-5-1-2-6-23(20)30)9-11-29(15-25)19-4-3-10-27-14-19/h1-2,5-8,12-13,19,27-28H,3-4,9-11,14-16H2/t19?,25-/m0/s1. The molecule has 6 heteroatoms. The lowest BCUT2D eigenvalue weighted by Gasteiger charge is -2.33. The Morgan fingerprint density at radius 1 is 1.13 bits per heavy atom. The van der Waals surface area contributed by atoms with Gasteiger partial charge in [0.05, 0.1) is 0 Å². The van der Waals surface area contributed by atoms with Crippen LogP contribution in [-0.4, -0.2) is 54.6 Å². The Bertz CT molecular complexity index is 1150. The number of halogens is 1. The van der Waals surface area contributed by atoms with Crippen molar-refractivity contribution in [1.29, 1.82) is 0 Å². The summed E-state index contributed by atoms with van der Waals surface area (Å²) in [6.45, 7) is 5.10. The maximum absolute atomic E-state index is 13.6. The van der Waals surface area contributed by atoms with Crippen molar-refractivity contribution >= 4 is 34.1 Å². The number of rotatable bonds is 2. The van der Waals surface area contributed by atoms with Gasteiger partial charge in [0, 0.05) is 52.7 Å². The summed E-state index contributed by atoms with van der Waals surface area (Å²) >= 11 is 6.14. The smallest absolute Gasteiger partial charge is 0.274 e. The molecule has 2 saturated heterocycles. The van der Waals surface area contributed by atoms with Gasteiger partial charge in [-0.2, -0.15) is 0 Å². The summed E-state index contributed by atoms with van der Waals surface area (Å²) < 4.78 is 0. The van der Waals surface area contributed by atoms with E-state index >= 15 is 0 Å². The minimum absolute atomic E-state index is 0.0268. The molecule has 1 amide bonds. The van der Waals surface area contributed by atoms with E-state index in [1.54, 1.807) is 0 Å². The molecule has 5 nitrogen and oxygen atoms in total. The number of anilines is 1. The minimum atomic E-state index is 0.0268. The molecule has 0 saturated carbocycles. The Kier molecular flexibility index (Phi) is 4.60. The zero-order chi connectivity index (χ0) is 21.0. The molecule has 0 bridgehead atoms. The van der Waals surface area contributed by atoms with E-state index in [-0.39, 0.29) is 11.3 Å². The first-order valence-corrected chi connectivity index (χ1v) is 11.7. The van der Waals surface area contributed by atoms with Crippen LogP contribution in [0.1, 0.15) is 35.3 Å². The van der Waals surface area contributed by atoms with Crippen LogP contribution in [-0.2, 0) is 5.41 Å². The SMILES string of the molecule is O=C(c1cc2cc(Cl)ccc2[nH]1)N1C[C@@]2(CCN(C3CCCNC3)C2)c2ccccc21. The van der Waals surface area contributed by atoms with Gasteiger partial charge in [-0.05, 0) is 68.2 Å². The third-order valence-electron chi connectivity index (χ3n) is 7.46. The second kappa shape index (κ2) is 7.37. The second-order valence-corrected chi connectivity index (χ2v) is 9.76. The van der Waals surface area contributed by atoms with E-state index in [2.05, 4.69) is 33.4 Å². The largest absolute Gasteiger partial charge is 0.351 e. The number of benzene rings is 2. The molecule has 2 N–H and O–H groups in total. The molecule has 3 aliphatic rings. The number of piperidine rings is 1. The quantitative estimate of drug-likeness (QED) is 0.636. The van der Waals surface area contributed by atoms with Crippen LogP contribution in [0, 0.1) is 0 Å². The highest BCUT2D eigenvalue weighted by Gasteiger charge is 2.49. The third kappa shape index (κ3) is 3.18. The molecule has 1 spiro atoms. The van der Waals surface area contributed by atoms with Crippen LogP contribution in [0.3, 0.4) is 0 Å². The number of amides is 1. The highest BCUT2D eigenvalue weighted by Crippen LogP contribution is 2.47. The highest BCUT2D eigenvalue weighted by molar-refractivity contribution is 6.31. The van der Waals surface area contributed by atoms with E-state index in [0.717, 1.165) is 55.7 Å². The van der Waals surface area contributed by atoms with Crippen molar-refractivity contribution < 1.29 is 4.79 Å². The summed E-state index contributed by atoms with van der Waals surface area (Å²) in [5.41, 5.74) is 3.97. The van der Waals surface area contributed by atoms with Crippen LogP contribution in [0.25, 0.3) is 10.9 Å².